The van der Waals surface area contributed by atoms with Crippen LogP contribution in [0.4, 0.5) is 0 Å². The van der Waals surface area contributed by atoms with E-state index in [1.807, 2.05) is 6.20 Å². The normalized spacial score (nSPS) is 26.3. The lowest BCUT2D eigenvalue weighted by molar-refractivity contribution is 0.173. The first kappa shape index (κ1) is 12.6. The van der Waals surface area contributed by atoms with Gasteiger partial charge in [0.05, 0.1) is 5.69 Å². The Morgan fingerprint density at radius 1 is 1.53 bits per heavy atom. The molecule has 0 bridgehead atoms. The van der Waals surface area contributed by atoms with Crippen LogP contribution < -0.4 is 5.32 Å². The quantitative estimate of drug-likeness (QED) is 0.856. The Hall–Kier alpha value is -0.870. The molecule has 1 aromatic heterocycles. The van der Waals surface area contributed by atoms with Crippen molar-refractivity contribution in [1.29, 1.82) is 0 Å². The van der Waals surface area contributed by atoms with E-state index >= 15 is 0 Å². The van der Waals surface area contributed by atoms with Gasteiger partial charge < -0.3 is 10.2 Å². The molecule has 0 amide bonds. The van der Waals surface area contributed by atoms with Crippen LogP contribution in [-0.4, -0.2) is 40.9 Å². The molecule has 0 spiro atoms. The Labute approximate surface area is 104 Å². The molecule has 0 radical (unpaired) electrons. The smallest absolute Gasteiger partial charge is 0.0522 e. The average molecular weight is 236 g/mol. The van der Waals surface area contributed by atoms with E-state index in [9.17, 15) is 0 Å². The molecule has 0 aromatic carbocycles. The van der Waals surface area contributed by atoms with Gasteiger partial charge in [-0.15, -0.1) is 0 Å². The van der Waals surface area contributed by atoms with Gasteiger partial charge in [0.15, 0.2) is 0 Å². The summed E-state index contributed by atoms with van der Waals surface area (Å²) in [4.78, 5) is 2.42. The monoisotopic (exact) mass is 236 g/mol. The van der Waals surface area contributed by atoms with Gasteiger partial charge in [-0.25, -0.2) is 0 Å². The van der Waals surface area contributed by atoms with Crippen molar-refractivity contribution in [3.05, 3.63) is 18.0 Å². The third kappa shape index (κ3) is 3.07. The topological polar surface area (TPSA) is 33.1 Å². The van der Waals surface area contributed by atoms with Crippen molar-refractivity contribution >= 4 is 0 Å². The fourth-order valence-corrected chi connectivity index (χ4v) is 2.69. The number of piperidine rings is 1. The lowest BCUT2D eigenvalue weighted by Gasteiger charge is -2.35. The van der Waals surface area contributed by atoms with E-state index in [0.29, 0.717) is 6.04 Å². The van der Waals surface area contributed by atoms with Gasteiger partial charge in [0.25, 0.3) is 0 Å². The van der Waals surface area contributed by atoms with Crippen LogP contribution in [0.15, 0.2) is 12.3 Å². The van der Waals surface area contributed by atoms with Crippen LogP contribution in [0.3, 0.4) is 0 Å². The van der Waals surface area contributed by atoms with Gasteiger partial charge in [-0.1, -0.05) is 6.92 Å². The Bertz CT molecular complexity index is 347. The Balaban J connectivity index is 1.86. The van der Waals surface area contributed by atoms with Crippen molar-refractivity contribution in [1.82, 2.24) is 20.0 Å². The standard InChI is InChI=1S/C13H24N4/c1-4-17-12(5-7-15-17)9-14-13-6-8-16(3)10-11(13)2/h5,7,11,13-14H,4,6,8-10H2,1-3H3. The van der Waals surface area contributed by atoms with E-state index in [-0.39, 0.29) is 0 Å². The highest BCUT2D eigenvalue weighted by atomic mass is 15.3. The number of hydrogen-bond donors (Lipinski definition) is 1. The second-order valence-corrected chi connectivity index (χ2v) is 5.15. The molecule has 2 unspecified atom stereocenters. The third-order valence-corrected chi connectivity index (χ3v) is 3.76. The first-order valence-electron chi connectivity index (χ1n) is 6.63. The minimum Gasteiger partial charge on any atom is -0.308 e. The zero-order valence-electron chi connectivity index (χ0n) is 11.2. The van der Waals surface area contributed by atoms with E-state index in [1.165, 1.54) is 25.2 Å². The number of hydrogen-bond acceptors (Lipinski definition) is 3. The van der Waals surface area contributed by atoms with E-state index in [0.717, 1.165) is 19.0 Å². The zero-order chi connectivity index (χ0) is 12.3. The minimum absolute atomic E-state index is 0.645. The highest BCUT2D eigenvalue weighted by Gasteiger charge is 2.23. The van der Waals surface area contributed by atoms with E-state index < -0.39 is 0 Å². The molecule has 1 aliphatic heterocycles. The first-order chi connectivity index (χ1) is 8.20. The molecule has 2 atom stereocenters. The molecule has 1 N–H and O–H groups in total. The summed E-state index contributed by atoms with van der Waals surface area (Å²) in [6, 6.07) is 2.75. The summed E-state index contributed by atoms with van der Waals surface area (Å²) in [6.07, 6.45) is 3.14. The minimum atomic E-state index is 0.645. The maximum Gasteiger partial charge on any atom is 0.0522 e. The summed E-state index contributed by atoms with van der Waals surface area (Å²) >= 11 is 0. The Morgan fingerprint density at radius 2 is 2.35 bits per heavy atom. The lowest BCUT2D eigenvalue weighted by atomic mass is 9.94. The summed E-state index contributed by atoms with van der Waals surface area (Å²) in [5, 5.41) is 7.98. The van der Waals surface area contributed by atoms with Crippen molar-refractivity contribution in [3.63, 3.8) is 0 Å². The molecule has 2 rings (SSSR count). The van der Waals surface area contributed by atoms with Crippen molar-refractivity contribution in [2.75, 3.05) is 20.1 Å². The number of nitrogens with one attached hydrogen (secondary N) is 1. The predicted octanol–water partition coefficient (Wildman–Crippen LogP) is 1.33. The van der Waals surface area contributed by atoms with E-state index in [4.69, 9.17) is 0 Å². The summed E-state index contributed by atoms with van der Waals surface area (Å²) in [7, 11) is 2.21. The molecule has 17 heavy (non-hydrogen) atoms. The number of aromatic nitrogens is 2. The molecular weight excluding hydrogens is 212 g/mol. The fraction of sp³-hybridized carbons (Fsp3) is 0.769. The number of aryl methyl sites for hydroxylation is 1. The average Bonchev–Trinajstić information content (AvgIpc) is 2.75. The summed E-state index contributed by atoms with van der Waals surface area (Å²) < 4.78 is 2.06. The highest BCUT2D eigenvalue weighted by molar-refractivity contribution is 5.00. The Kier molecular flexibility index (Phi) is 4.18. The molecular formula is C13H24N4. The maximum atomic E-state index is 4.30. The predicted molar refractivity (Wildman–Crippen MR) is 69.8 cm³/mol. The molecule has 1 fully saturated rings. The van der Waals surface area contributed by atoms with E-state index in [2.05, 4.69) is 47.0 Å². The van der Waals surface area contributed by atoms with Gasteiger partial charge in [0.1, 0.15) is 0 Å². The second-order valence-electron chi connectivity index (χ2n) is 5.15. The summed E-state index contributed by atoms with van der Waals surface area (Å²) in [6.45, 7) is 8.76. The fourth-order valence-electron chi connectivity index (χ4n) is 2.69. The van der Waals surface area contributed by atoms with Gasteiger partial charge in [-0.3, -0.25) is 4.68 Å². The molecule has 1 aliphatic rings. The van der Waals surface area contributed by atoms with Gasteiger partial charge in [-0.05, 0) is 38.9 Å². The third-order valence-electron chi connectivity index (χ3n) is 3.76. The van der Waals surface area contributed by atoms with Crippen molar-refractivity contribution in [3.8, 4) is 0 Å². The van der Waals surface area contributed by atoms with Gasteiger partial charge in [0.2, 0.25) is 0 Å². The number of likely N-dealkylation sites (tertiary alicyclic amines) is 1. The van der Waals surface area contributed by atoms with Crippen molar-refractivity contribution in [2.45, 2.75) is 39.4 Å². The van der Waals surface area contributed by atoms with Crippen molar-refractivity contribution < 1.29 is 0 Å². The first-order valence-corrected chi connectivity index (χ1v) is 6.63. The highest BCUT2D eigenvalue weighted by Crippen LogP contribution is 2.15. The van der Waals surface area contributed by atoms with Crippen LogP contribution in [-0.2, 0) is 13.1 Å². The van der Waals surface area contributed by atoms with E-state index in [1.54, 1.807) is 0 Å². The van der Waals surface area contributed by atoms with Crippen LogP contribution in [0.25, 0.3) is 0 Å². The molecule has 1 saturated heterocycles. The molecule has 2 heterocycles. The molecule has 4 nitrogen and oxygen atoms in total. The van der Waals surface area contributed by atoms with Gasteiger partial charge in [-0.2, -0.15) is 5.10 Å². The van der Waals surface area contributed by atoms with Crippen molar-refractivity contribution in [2.24, 2.45) is 5.92 Å². The number of nitrogens with zero attached hydrogens (tertiary/aromatic N) is 3. The molecule has 1 aromatic rings. The molecule has 4 heteroatoms. The maximum absolute atomic E-state index is 4.30. The van der Waals surface area contributed by atoms with Crippen LogP contribution in [0, 0.1) is 5.92 Å². The second kappa shape index (κ2) is 5.65. The van der Waals surface area contributed by atoms with Gasteiger partial charge >= 0.3 is 0 Å². The van der Waals surface area contributed by atoms with Crippen LogP contribution in [0.1, 0.15) is 26.0 Å². The Morgan fingerprint density at radius 3 is 3.06 bits per heavy atom. The van der Waals surface area contributed by atoms with Gasteiger partial charge in [0, 0.05) is 31.9 Å². The van der Waals surface area contributed by atoms with Crippen LogP contribution >= 0.6 is 0 Å². The lowest BCUT2D eigenvalue weighted by Crippen LogP contribution is -2.46. The SMILES string of the molecule is CCn1nccc1CNC1CCN(C)CC1C. The van der Waals surface area contributed by atoms with Crippen LogP contribution in [0.2, 0.25) is 0 Å². The summed E-state index contributed by atoms with van der Waals surface area (Å²) in [5.74, 6) is 0.728. The number of rotatable bonds is 4. The van der Waals surface area contributed by atoms with Crippen LogP contribution in [0.5, 0.6) is 0 Å². The molecule has 0 aliphatic carbocycles. The molecule has 96 valence electrons. The molecule has 0 saturated carbocycles. The largest absolute Gasteiger partial charge is 0.308 e. The zero-order valence-corrected chi connectivity index (χ0v) is 11.2. The summed E-state index contributed by atoms with van der Waals surface area (Å²) in [5.41, 5.74) is 1.29.